The molecule has 1 aliphatic heterocycles. The van der Waals surface area contributed by atoms with Gasteiger partial charge in [0.1, 0.15) is 0 Å². The third-order valence-corrected chi connectivity index (χ3v) is 5.04. The van der Waals surface area contributed by atoms with E-state index < -0.39 is 7.12 Å². The van der Waals surface area contributed by atoms with Crippen molar-refractivity contribution in [1.82, 2.24) is 5.32 Å². The van der Waals surface area contributed by atoms with Crippen LogP contribution in [0.1, 0.15) is 56.5 Å². The first-order chi connectivity index (χ1) is 10.2. The molecule has 2 aliphatic rings. The van der Waals surface area contributed by atoms with Gasteiger partial charge in [-0.2, -0.15) is 0 Å². The van der Waals surface area contributed by atoms with Gasteiger partial charge in [0.25, 0.3) is 5.91 Å². The lowest BCUT2D eigenvalue weighted by Crippen LogP contribution is -2.41. The Kier molecular flexibility index (Phi) is 3.61. The van der Waals surface area contributed by atoms with Crippen molar-refractivity contribution in [3.63, 3.8) is 0 Å². The van der Waals surface area contributed by atoms with Gasteiger partial charge in [0, 0.05) is 11.6 Å². The van der Waals surface area contributed by atoms with Crippen LogP contribution in [0.5, 0.6) is 0 Å². The maximum absolute atomic E-state index is 12.3. The van der Waals surface area contributed by atoms with E-state index in [9.17, 15) is 4.79 Å². The average molecular weight is 301 g/mol. The van der Waals surface area contributed by atoms with Crippen LogP contribution >= 0.6 is 0 Å². The maximum atomic E-state index is 12.3. The van der Waals surface area contributed by atoms with Crippen molar-refractivity contribution in [3.05, 3.63) is 29.3 Å². The summed E-state index contributed by atoms with van der Waals surface area (Å²) in [5, 5.41) is 3.04. The van der Waals surface area contributed by atoms with Crippen LogP contribution in [0.25, 0.3) is 0 Å². The number of rotatable bonds is 3. The van der Waals surface area contributed by atoms with Gasteiger partial charge in [0.05, 0.1) is 11.2 Å². The smallest absolute Gasteiger partial charge is 0.399 e. The quantitative estimate of drug-likeness (QED) is 0.871. The van der Waals surface area contributed by atoms with Crippen molar-refractivity contribution in [3.8, 4) is 0 Å². The van der Waals surface area contributed by atoms with Gasteiger partial charge in [-0.3, -0.25) is 4.79 Å². The summed E-state index contributed by atoms with van der Waals surface area (Å²) in [5.41, 5.74) is 1.81. The Bertz CT molecular complexity index is 592. The first-order valence-corrected chi connectivity index (χ1v) is 7.97. The highest BCUT2D eigenvalue weighted by Gasteiger charge is 2.52. The molecule has 1 aliphatic carbocycles. The van der Waals surface area contributed by atoms with Crippen LogP contribution in [0.3, 0.4) is 0 Å². The molecule has 2 fully saturated rings. The molecule has 0 spiro atoms. The summed E-state index contributed by atoms with van der Waals surface area (Å²) in [4.78, 5) is 12.3. The van der Waals surface area contributed by atoms with E-state index in [2.05, 4.69) is 5.32 Å². The lowest BCUT2D eigenvalue weighted by atomic mass is 9.75. The first kappa shape index (κ1) is 15.6. The van der Waals surface area contributed by atoms with Crippen LogP contribution in [-0.4, -0.2) is 30.3 Å². The zero-order valence-electron chi connectivity index (χ0n) is 14.0. The van der Waals surface area contributed by atoms with Crippen LogP contribution in [0, 0.1) is 6.92 Å². The minimum absolute atomic E-state index is 0.00151. The SMILES string of the molecule is Cc1c(B2OC(C)(C)C(C)(C)O2)cccc1C(=O)NC1CC1. The summed E-state index contributed by atoms with van der Waals surface area (Å²) in [7, 11) is -0.432. The predicted molar refractivity (Wildman–Crippen MR) is 87.4 cm³/mol. The zero-order valence-corrected chi connectivity index (χ0v) is 14.0. The number of hydrogen-bond donors (Lipinski definition) is 1. The Morgan fingerprint density at radius 1 is 1.18 bits per heavy atom. The Labute approximate surface area is 132 Å². The normalized spacial score (nSPS) is 22.7. The Hall–Kier alpha value is -1.33. The van der Waals surface area contributed by atoms with Crippen molar-refractivity contribution in [2.75, 3.05) is 0 Å². The largest absolute Gasteiger partial charge is 0.495 e. The first-order valence-electron chi connectivity index (χ1n) is 7.97. The van der Waals surface area contributed by atoms with Gasteiger partial charge in [-0.05, 0) is 64.6 Å². The fourth-order valence-electron chi connectivity index (χ4n) is 2.62. The van der Waals surface area contributed by atoms with Crippen LogP contribution in [0.15, 0.2) is 18.2 Å². The molecule has 3 rings (SSSR count). The molecule has 1 saturated carbocycles. The molecule has 1 saturated heterocycles. The van der Waals surface area contributed by atoms with E-state index in [4.69, 9.17) is 9.31 Å². The van der Waals surface area contributed by atoms with Crippen molar-refractivity contribution in [1.29, 1.82) is 0 Å². The highest BCUT2D eigenvalue weighted by atomic mass is 16.7. The van der Waals surface area contributed by atoms with E-state index in [-0.39, 0.29) is 17.1 Å². The molecular formula is C17H24BNO3. The second-order valence-corrected chi connectivity index (χ2v) is 7.36. The van der Waals surface area contributed by atoms with Gasteiger partial charge in [-0.25, -0.2) is 0 Å². The van der Waals surface area contributed by atoms with E-state index in [0.717, 1.165) is 23.9 Å². The number of hydrogen-bond acceptors (Lipinski definition) is 3. The number of benzene rings is 1. The molecule has 5 heteroatoms. The predicted octanol–water partition coefficient (Wildman–Crippen LogP) is 2.19. The van der Waals surface area contributed by atoms with Crippen LogP contribution in [0.4, 0.5) is 0 Å². The summed E-state index contributed by atoms with van der Waals surface area (Å²) in [6, 6.07) is 6.09. The van der Waals surface area contributed by atoms with Crippen molar-refractivity contribution < 1.29 is 14.1 Å². The monoisotopic (exact) mass is 301 g/mol. The van der Waals surface area contributed by atoms with Gasteiger partial charge in [-0.1, -0.05) is 12.1 Å². The number of carbonyl (C=O) groups is 1. The molecule has 0 unspecified atom stereocenters. The molecular weight excluding hydrogens is 277 g/mol. The molecule has 0 bridgehead atoms. The van der Waals surface area contributed by atoms with Crippen LogP contribution in [0.2, 0.25) is 0 Å². The lowest BCUT2D eigenvalue weighted by molar-refractivity contribution is 0.00578. The molecule has 22 heavy (non-hydrogen) atoms. The van der Waals surface area contributed by atoms with E-state index in [0.29, 0.717) is 11.6 Å². The van der Waals surface area contributed by atoms with Gasteiger partial charge < -0.3 is 14.6 Å². The third-order valence-electron chi connectivity index (χ3n) is 5.04. The summed E-state index contributed by atoms with van der Waals surface area (Å²) in [6.45, 7) is 10.1. The summed E-state index contributed by atoms with van der Waals surface area (Å²) >= 11 is 0. The molecule has 4 nitrogen and oxygen atoms in total. The highest BCUT2D eigenvalue weighted by Crippen LogP contribution is 2.36. The molecule has 0 atom stereocenters. The fraction of sp³-hybridized carbons (Fsp3) is 0.588. The minimum Gasteiger partial charge on any atom is -0.399 e. The lowest BCUT2D eigenvalue weighted by Gasteiger charge is -2.32. The Balaban J connectivity index is 1.87. The van der Waals surface area contributed by atoms with E-state index in [1.807, 2.05) is 52.8 Å². The molecule has 0 radical (unpaired) electrons. The topological polar surface area (TPSA) is 47.6 Å². The summed E-state index contributed by atoms with van der Waals surface area (Å²) in [6.07, 6.45) is 2.17. The standard InChI is InChI=1S/C17H24BNO3/c1-11-13(15(20)19-12-9-10-12)7-6-8-14(11)18-21-16(2,3)17(4,5)22-18/h6-8,12H,9-10H2,1-5H3,(H,19,20). The minimum atomic E-state index is -0.432. The molecule has 1 heterocycles. The highest BCUT2D eigenvalue weighted by molar-refractivity contribution is 6.62. The number of amides is 1. The molecule has 1 amide bonds. The summed E-state index contributed by atoms with van der Waals surface area (Å²) < 4.78 is 12.2. The maximum Gasteiger partial charge on any atom is 0.495 e. The molecule has 1 N–H and O–H groups in total. The third kappa shape index (κ3) is 2.68. The van der Waals surface area contributed by atoms with Crippen LogP contribution in [-0.2, 0) is 9.31 Å². The van der Waals surface area contributed by atoms with Crippen molar-refractivity contribution >= 4 is 18.5 Å². The van der Waals surface area contributed by atoms with Crippen molar-refractivity contribution in [2.24, 2.45) is 0 Å². The van der Waals surface area contributed by atoms with Crippen molar-refractivity contribution in [2.45, 2.75) is 64.7 Å². The van der Waals surface area contributed by atoms with E-state index >= 15 is 0 Å². The number of nitrogens with one attached hydrogen (secondary N) is 1. The van der Waals surface area contributed by atoms with Gasteiger partial charge in [-0.15, -0.1) is 0 Å². The number of carbonyl (C=O) groups excluding carboxylic acids is 1. The molecule has 0 aromatic heterocycles. The molecule has 118 valence electrons. The van der Waals surface area contributed by atoms with Gasteiger partial charge in [0.15, 0.2) is 0 Å². The van der Waals surface area contributed by atoms with Gasteiger partial charge >= 0.3 is 7.12 Å². The molecule has 1 aromatic rings. The van der Waals surface area contributed by atoms with Crippen LogP contribution < -0.4 is 10.8 Å². The second-order valence-electron chi connectivity index (χ2n) is 7.36. The van der Waals surface area contributed by atoms with E-state index in [1.165, 1.54) is 0 Å². The average Bonchev–Trinajstić information content (AvgIpc) is 3.17. The zero-order chi connectivity index (χ0) is 16.1. The Morgan fingerprint density at radius 3 is 2.32 bits per heavy atom. The second kappa shape index (κ2) is 5.10. The Morgan fingerprint density at radius 2 is 1.77 bits per heavy atom. The van der Waals surface area contributed by atoms with E-state index in [1.54, 1.807) is 0 Å². The molecule has 1 aromatic carbocycles. The van der Waals surface area contributed by atoms with Gasteiger partial charge in [0.2, 0.25) is 0 Å². The summed E-state index contributed by atoms with van der Waals surface area (Å²) in [5.74, 6) is -0.00151. The fourth-order valence-corrected chi connectivity index (χ4v) is 2.62.